The largest absolute Gasteiger partial charge is 0.457 e. The Morgan fingerprint density at radius 1 is 1.25 bits per heavy atom. The average Bonchev–Trinajstić information content (AvgIpc) is 2.42. The molecule has 0 bridgehead atoms. The third kappa shape index (κ3) is 2.85. The minimum atomic E-state index is -0.391. The molecule has 104 valence electrons. The maximum absolute atomic E-state index is 10.9. The van der Waals surface area contributed by atoms with Crippen molar-refractivity contribution < 1.29 is 9.66 Å². The zero-order valence-electron chi connectivity index (χ0n) is 11.5. The lowest BCUT2D eigenvalue weighted by atomic mass is 10.1. The van der Waals surface area contributed by atoms with Crippen molar-refractivity contribution in [3.8, 4) is 11.5 Å². The Balaban J connectivity index is 2.34. The maximum atomic E-state index is 10.9. The lowest BCUT2D eigenvalue weighted by molar-refractivity contribution is -0.385. The molecule has 2 rings (SSSR count). The monoisotopic (exact) mass is 273 g/mol. The Kier molecular flexibility index (Phi) is 3.84. The fourth-order valence-corrected chi connectivity index (χ4v) is 1.82. The third-order valence-electron chi connectivity index (χ3n) is 2.91. The molecule has 6 nitrogen and oxygen atoms in total. The Labute approximate surface area is 116 Å². The predicted octanol–water partition coefficient (Wildman–Crippen LogP) is 3.44. The first-order valence-electron chi connectivity index (χ1n) is 6.08. The minimum absolute atomic E-state index is 0.0977. The fraction of sp³-hybridized carbons (Fsp3) is 0.214. The molecule has 0 atom stereocenters. The van der Waals surface area contributed by atoms with E-state index in [1.807, 2.05) is 0 Å². The summed E-state index contributed by atoms with van der Waals surface area (Å²) in [4.78, 5) is 14.6. The highest BCUT2D eigenvalue weighted by molar-refractivity contribution is 5.51. The molecule has 0 fully saturated rings. The van der Waals surface area contributed by atoms with Crippen LogP contribution < -0.4 is 10.1 Å². The SMILES string of the molecule is CNc1cc(Oc2cc(C)c([N+](=O)[O-])cc2C)ccn1. The van der Waals surface area contributed by atoms with Crippen molar-refractivity contribution in [2.75, 3.05) is 12.4 Å². The van der Waals surface area contributed by atoms with E-state index in [0.717, 1.165) is 0 Å². The molecule has 0 saturated carbocycles. The number of rotatable bonds is 4. The van der Waals surface area contributed by atoms with Gasteiger partial charge in [-0.3, -0.25) is 10.1 Å². The van der Waals surface area contributed by atoms with E-state index < -0.39 is 4.92 Å². The average molecular weight is 273 g/mol. The summed E-state index contributed by atoms with van der Waals surface area (Å²) in [7, 11) is 1.77. The van der Waals surface area contributed by atoms with E-state index >= 15 is 0 Å². The molecule has 0 radical (unpaired) electrons. The summed E-state index contributed by atoms with van der Waals surface area (Å²) < 4.78 is 5.76. The summed E-state index contributed by atoms with van der Waals surface area (Å²) in [5.74, 6) is 1.92. The molecule has 0 unspecified atom stereocenters. The molecule has 1 heterocycles. The molecule has 2 aromatic rings. The normalized spacial score (nSPS) is 10.2. The van der Waals surface area contributed by atoms with E-state index in [0.29, 0.717) is 28.4 Å². The van der Waals surface area contributed by atoms with Crippen molar-refractivity contribution in [3.05, 3.63) is 51.7 Å². The molecule has 1 N–H and O–H groups in total. The molecule has 0 aliphatic heterocycles. The van der Waals surface area contributed by atoms with Gasteiger partial charge in [-0.2, -0.15) is 0 Å². The molecule has 0 aliphatic carbocycles. The summed E-state index contributed by atoms with van der Waals surface area (Å²) in [6.07, 6.45) is 1.63. The van der Waals surface area contributed by atoms with Crippen LogP contribution in [-0.4, -0.2) is 17.0 Å². The molecule has 20 heavy (non-hydrogen) atoms. The predicted molar refractivity (Wildman–Crippen MR) is 76.4 cm³/mol. The Hall–Kier alpha value is -2.63. The van der Waals surface area contributed by atoms with Gasteiger partial charge in [-0.05, 0) is 31.5 Å². The van der Waals surface area contributed by atoms with Crippen LogP contribution in [0.3, 0.4) is 0 Å². The second-order valence-corrected chi connectivity index (χ2v) is 4.39. The molecule has 0 amide bonds. The first kappa shape index (κ1) is 13.8. The van der Waals surface area contributed by atoms with Crippen LogP contribution in [0.25, 0.3) is 0 Å². The molecule has 1 aromatic carbocycles. The van der Waals surface area contributed by atoms with Gasteiger partial charge in [0.1, 0.15) is 17.3 Å². The van der Waals surface area contributed by atoms with Gasteiger partial charge >= 0.3 is 0 Å². The number of nitro benzene ring substituents is 1. The second-order valence-electron chi connectivity index (χ2n) is 4.39. The van der Waals surface area contributed by atoms with Crippen molar-refractivity contribution >= 4 is 11.5 Å². The van der Waals surface area contributed by atoms with Gasteiger partial charge in [0.05, 0.1) is 4.92 Å². The number of ether oxygens (including phenoxy) is 1. The van der Waals surface area contributed by atoms with E-state index in [1.165, 1.54) is 6.07 Å². The Morgan fingerprint density at radius 3 is 2.65 bits per heavy atom. The maximum Gasteiger partial charge on any atom is 0.272 e. The number of nitro groups is 1. The highest BCUT2D eigenvalue weighted by atomic mass is 16.6. The van der Waals surface area contributed by atoms with Gasteiger partial charge in [0, 0.05) is 30.9 Å². The minimum Gasteiger partial charge on any atom is -0.457 e. The number of anilines is 1. The van der Waals surface area contributed by atoms with E-state index in [4.69, 9.17) is 4.74 Å². The van der Waals surface area contributed by atoms with Crippen LogP contribution in [0.5, 0.6) is 11.5 Å². The first-order chi connectivity index (χ1) is 9.51. The van der Waals surface area contributed by atoms with Crippen molar-refractivity contribution in [3.63, 3.8) is 0 Å². The molecule has 0 aliphatic rings. The van der Waals surface area contributed by atoms with Gasteiger partial charge in [-0.1, -0.05) is 0 Å². The number of aromatic nitrogens is 1. The zero-order chi connectivity index (χ0) is 14.7. The standard InChI is InChI=1S/C14H15N3O3/c1-9-7-13(10(2)6-12(9)17(18)19)20-11-4-5-16-14(8-11)15-3/h4-8H,1-3H3,(H,15,16). The lowest BCUT2D eigenvalue weighted by Gasteiger charge is -2.10. The summed E-state index contributed by atoms with van der Waals surface area (Å²) in [5.41, 5.74) is 1.38. The van der Waals surface area contributed by atoms with Gasteiger partial charge in [-0.15, -0.1) is 0 Å². The van der Waals surface area contributed by atoms with Crippen LogP contribution >= 0.6 is 0 Å². The Bertz CT molecular complexity index is 656. The highest BCUT2D eigenvalue weighted by Gasteiger charge is 2.14. The molecular weight excluding hydrogens is 258 g/mol. The van der Waals surface area contributed by atoms with Gasteiger partial charge < -0.3 is 10.1 Å². The fourth-order valence-electron chi connectivity index (χ4n) is 1.82. The van der Waals surface area contributed by atoms with E-state index in [2.05, 4.69) is 10.3 Å². The smallest absolute Gasteiger partial charge is 0.272 e. The lowest BCUT2D eigenvalue weighted by Crippen LogP contribution is -1.96. The van der Waals surface area contributed by atoms with Crippen LogP contribution in [0.4, 0.5) is 11.5 Å². The number of benzene rings is 1. The Morgan fingerprint density at radius 2 is 2.00 bits per heavy atom. The van der Waals surface area contributed by atoms with Crippen molar-refractivity contribution in [2.24, 2.45) is 0 Å². The second kappa shape index (κ2) is 5.56. The number of aryl methyl sites for hydroxylation is 2. The third-order valence-corrected chi connectivity index (χ3v) is 2.91. The number of hydrogen-bond acceptors (Lipinski definition) is 5. The van der Waals surface area contributed by atoms with E-state index in [1.54, 1.807) is 45.3 Å². The van der Waals surface area contributed by atoms with Crippen LogP contribution in [0.2, 0.25) is 0 Å². The topological polar surface area (TPSA) is 77.3 Å². The van der Waals surface area contributed by atoms with Crippen molar-refractivity contribution in [2.45, 2.75) is 13.8 Å². The molecule has 0 spiro atoms. The van der Waals surface area contributed by atoms with Crippen LogP contribution in [0.15, 0.2) is 30.5 Å². The summed E-state index contributed by atoms with van der Waals surface area (Å²) in [5, 5.41) is 13.8. The highest BCUT2D eigenvalue weighted by Crippen LogP contribution is 2.31. The molecular formula is C14H15N3O3. The quantitative estimate of drug-likeness (QED) is 0.682. The van der Waals surface area contributed by atoms with Crippen LogP contribution in [0.1, 0.15) is 11.1 Å². The first-order valence-corrected chi connectivity index (χ1v) is 6.08. The van der Waals surface area contributed by atoms with Gasteiger partial charge in [-0.25, -0.2) is 4.98 Å². The van der Waals surface area contributed by atoms with Crippen LogP contribution in [0, 0.1) is 24.0 Å². The molecule has 0 saturated heterocycles. The summed E-state index contributed by atoms with van der Waals surface area (Å²) in [6.45, 7) is 3.47. The molecule has 6 heteroatoms. The van der Waals surface area contributed by atoms with Crippen molar-refractivity contribution in [1.29, 1.82) is 0 Å². The molecule has 1 aromatic heterocycles. The van der Waals surface area contributed by atoms with Gasteiger partial charge in [0.25, 0.3) is 5.69 Å². The van der Waals surface area contributed by atoms with E-state index in [-0.39, 0.29) is 5.69 Å². The van der Waals surface area contributed by atoms with E-state index in [9.17, 15) is 10.1 Å². The summed E-state index contributed by atoms with van der Waals surface area (Å²) >= 11 is 0. The van der Waals surface area contributed by atoms with Gasteiger partial charge in [0.15, 0.2) is 0 Å². The number of nitrogens with one attached hydrogen (secondary N) is 1. The van der Waals surface area contributed by atoms with Gasteiger partial charge in [0.2, 0.25) is 0 Å². The van der Waals surface area contributed by atoms with Crippen LogP contribution in [-0.2, 0) is 0 Å². The number of hydrogen-bond donors (Lipinski definition) is 1. The zero-order valence-corrected chi connectivity index (χ0v) is 11.5. The summed E-state index contributed by atoms with van der Waals surface area (Å²) in [6, 6.07) is 6.69. The number of nitrogens with zero attached hydrogens (tertiary/aromatic N) is 2. The van der Waals surface area contributed by atoms with Crippen molar-refractivity contribution in [1.82, 2.24) is 4.98 Å². The number of pyridine rings is 1.